The van der Waals surface area contributed by atoms with Gasteiger partial charge in [-0.25, -0.2) is 0 Å². The molecule has 0 aromatic carbocycles. The third kappa shape index (κ3) is 2.49. The van der Waals surface area contributed by atoms with Crippen LogP contribution < -0.4 is 5.32 Å². The summed E-state index contributed by atoms with van der Waals surface area (Å²) in [4.78, 5) is 11.8. The Bertz CT molecular complexity index is 228. The van der Waals surface area contributed by atoms with Gasteiger partial charge in [-0.05, 0) is 25.8 Å². The molecule has 1 aliphatic heterocycles. The first-order chi connectivity index (χ1) is 7.31. The zero-order chi connectivity index (χ0) is 10.7. The van der Waals surface area contributed by atoms with Gasteiger partial charge < -0.3 is 14.8 Å². The summed E-state index contributed by atoms with van der Waals surface area (Å²) in [5, 5.41) is 3.26. The van der Waals surface area contributed by atoms with Crippen LogP contribution in [0.15, 0.2) is 0 Å². The van der Waals surface area contributed by atoms with E-state index in [2.05, 4.69) is 5.32 Å². The van der Waals surface area contributed by atoms with Gasteiger partial charge in [-0.2, -0.15) is 0 Å². The van der Waals surface area contributed by atoms with Crippen molar-refractivity contribution in [1.82, 2.24) is 5.32 Å². The van der Waals surface area contributed by atoms with Crippen LogP contribution in [0.5, 0.6) is 0 Å². The van der Waals surface area contributed by atoms with E-state index < -0.39 is 0 Å². The molecule has 1 saturated carbocycles. The molecule has 1 aliphatic carbocycles. The van der Waals surface area contributed by atoms with Gasteiger partial charge in [0, 0.05) is 6.04 Å². The Kier molecular flexibility index (Phi) is 3.59. The van der Waals surface area contributed by atoms with Gasteiger partial charge in [0.05, 0.1) is 19.1 Å². The minimum absolute atomic E-state index is 0.0804. The van der Waals surface area contributed by atoms with Crippen molar-refractivity contribution in [1.29, 1.82) is 0 Å². The molecule has 1 saturated heterocycles. The first-order valence-corrected chi connectivity index (χ1v) is 5.83. The lowest BCUT2D eigenvalue weighted by Crippen LogP contribution is -2.41. The molecule has 2 rings (SSSR count). The molecule has 4 heteroatoms. The number of likely N-dealkylation sites (N-methyl/N-ethyl adjacent to an activating group) is 1. The summed E-state index contributed by atoms with van der Waals surface area (Å²) in [6, 6.07) is 0.141. The first-order valence-electron chi connectivity index (χ1n) is 5.83. The van der Waals surface area contributed by atoms with E-state index in [9.17, 15) is 4.79 Å². The minimum Gasteiger partial charge on any atom is -0.462 e. The number of hydrogen-bond donors (Lipinski definition) is 1. The Morgan fingerprint density at radius 3 is 2.87 bits per heavy atom. The van der Waals surface area contributed by atoms with Gasteiger partial charge in [-0.3, -0.25) is 4.79 Å². The molecule has 0 aromatic heterocycles. The second-order valence-electron chi connectivity index (χ2n) is 4.30. The predicted octanol–water partition coefficient (Wildman–Crippen LogP) is 0.707. The minimum atomic E-state index is -0.106. The molecule has 1 N–H and O–H groups in total. The smallest absolute Gasteiger partial charge is 0.313 e. The lowest BCUT2D eigenvalue weighted by Gasteiger charge is -2.27. The van der Waals surface area contributed by atoms with Crippen LogP contribution in [0.3, 0.4) is 0 Å². The Labute approximate surface area is 90.3 Å². The number of carbonyl (C=O) groups excluding carboxylic acids is 1. The molecule has 0 spiro atoms. The molecule has 0 radical (unpaired) electrons. The maximum atomic E-state index is 11.8. The molecule has 2 aliphatic rings. The number of nitrogens with one attached hydrogen (secondary N) is 1. The fraction of sp³-hybridized carbons (Fsp3) is 0.909. The van der Waals surface area contributed by atoms with Gasteiger partial charge in [-0.1, -0.05) is 6.92 Å². The topological polar surface area (TPSA) is 47.6 Å². The Balaban J connectivity index is 1.81. The van der Waals surface area contributed by atoms with E-state index in [1.165, 1.54) is 6.42 Å². The molecule has 86 valence electrons. The third-order valence-electron chi connectivity index (χ3n) is 3.18. The molecule has 4 nitrogen and oxygen atoms in total. The van der Waals surface area contributed by atoms with Crippen LogP contribution in [0.4, 0.5) is 0 Å². The normalized spacial score (nSPS) is 31.3. The highest BCUT2D eigenvalue weighted by Crippen LogP contribution is 2.24. The molecule has 2 unspecified atom stereocenters. The molecule has 2 fully saturated rings. The average Bonchev–Trinajstić information content (AvgIpc) is 2.60. The van der Waals surface area contributed by atoms with E-state index in [0.717, 1.165) is 19.4 Å². The summed E-state index contributed by atoms with van der Waals surface area (Å²) in [7, 11) is 0. The fourth-order valence-corrected chi connectivity index (χ4v) is 1.99. The van der Waals surface area contributed by atoms with Crippen molar-refractivity contribution < 1.29 is 14.3 Å². The number of carbonyl (C=O) groups is 1. The van der Waals surface area contributed by atoms with Crippen molar-refractivity contribution in [3.05, 3.63) is 0 Å². The van der Waals surface area contributed by atoms with Crippen LogP contribution >= 0.6 is 0 Å². The van der Waals surface area contributed by atoms with Crippen molar-refractivity contribution in [2.24, 2.45) is 5.92 Å². The monoisotopic (exact) mass is 213 g/mol. The molecular formula is C11H19NO3. The number of hydrogen-bond acceptors (Lipinski definition) is 4. The summed E-state index contributed by atoms with van der Waals surface area (Å²) in [5.74, 6) is -0.186. The highest BCUT2D eigenvalue weighted by atomic mass is 16.6. The van der Waals surface area contributed by atoms with E-state index >= 15 is 0 Å². The quantitative estimate of drug-likeness (QED) is 0.699. The number of ether oxygens (including phenoxy) is 2. The van der Waals surface area contributed by atoms with Gasteiger partial charge in [0.1, 0.15) is 6.10 Å². The summed E-state index contributed by atoms with van der Waals surface area (Å²) >= 11 is 0. The Hall–Kier alpha value is -0.610. The van der Waals surface area contributed by atoms with Crippen molar-refractivity contribution in [3.8, 4) is 0 Å². The second kappa shape index (κ2) is 4.94. The van der Waals surface area contributed by atoms with E-state index in [0.29, 0.717) is 13.2 Å². The summed E-state index contributed by atoms with van der Waals surface area (Å²) in [6.07, 6.45) is 3.44. The van der Waals surface area contributed by atoms with E-state index in [1.807, 2.05) is 6.92 Å². The van der Waals surface area contributed by atoms with E-state index in [4.69, 9.17) is 9.47 Å². The zero-order valence-corrected chi connectivity index (χ0v) is 9.20. The average molecular weight is 213 g/mol. The van der Waals surface area contributed by atoms with Crippen LogP contribution in [0.25, 0.3) is 0 Å². The lowest BCUT2D eigenvalue weighted by atomic mass is 9.95. The van der Waals surface area contributed by atoms with Gasteiger partial charge >= 0.3 is 5.97 Å². The number of rotatable bonds is 4. The molecule has 0 aromatic rings. The van der Waals surface area contributed by atoms with Crippen LogP contribution in [0.1, 0.15) is 26.2 Å². The van der Waals surface area contributed by atoms with Crippen LogP contribution in [0.2, 0.25) is 0 Å². The molecule has 0 bridgehead atoms. The largest absolute Gasteiger partial charge is 0.462 e. The molecule has 15 heavy (non-hydrogen) atoms. The van der Waals surface area contributed by atoms with Crippen LogP contribution in [0, 0.1) is 5.92 Å². The molecular weight excluding hydrogens is 194 g/mol. The van der Waals surface area contributed by atoms with Crippen molar-refractivity contribution in [3.63, 3.8) is 0 Å². The Morgan fingerprint density at radius 1 is 1.47 bits per heavy atom. The summed E-state index contributed by atoms with van der Waals surface area (Å²) in [6.45, 7) is 4.02. The predicted molar refractivity (Wildman–Crippen MR) is 55.5 cm³/mol. The van der Waals surface area contributed by atoms with Crippen molar-refractivity contribution >= 4 is 5.97 Å². The van der Waals surface area contributed by atoms with Crippen LogP contribution in [-0.2, 0) is 14.3 Å². The standard InChI is InChI=1S/C11H19NO3/c1-2-12-10-7-14-6-9(10)11(13)15-8-4-3-5-8/h8-10,12H,2-7H2,1H3. The van der Waals surface area contributed by atoms with Gasteiger partial charge in [-0.15, -0.1) is 0 Å². The molecule has 2 atom stereocenters. The second-order valence-corrected chi connectivity index (χ2v) is 4.30. The van der Waals surface area contributed by atoms with Crippen molar-refractivity contribution in [2.45, 2.75) is 38.3 Å². The van der Waals surface area contributed by atoms with Crippen LogP contribution in [-0.4, -0.2) is 37.9 Å². The highest BCUT2D eigenvalue weighted by molar-refractivity contribution is 5.74. The van der Waals surface area contributed by atoms with Gasteiger partial charge in [0.15, 0.2) is 0 Å². The van der Waals surface area contributed by atoms with E-state index in [-0.39, 0.29) is 24.0 Å². The highest BCUT2D eigenvalue weighted by Gasteiger charge is 2.36. The maximum Gasteiger partial charge on any atom is 0.313 e. The van der Waals surface area contributed by atoms with Gasteiger partial charge in [0.25, 0.3) is 0 Å². The summed E-state index contributed by atoms with van der Waals surface area (Å²) < 4.78 is 10.7. The fourth-order valence-electron chi connectivity index (χ4n) is 1.99. The number of esters is 1. The lowest BCUT2D eigenvalue weighted by molar-refractivity contribution is -0.158. The van der Waals surface area contributed by atoms with E-state index in [1.54, 1.807) is 0 Å². The molecule has 0 amide bonds. The Morgan fingerprint density at radius 2 is 2.27 bits per heavy atom. The summed E-state index contributed by atoms with van der Waals surface area (Å²) in [5.41, 5.74) is 0. The third-order valence-corrected chi connectivity index (χ3v) is 3.18. The zero-order valence-electron chi connectivity index (χ0n) is 9.20. The maximum absolute atomic E-state index is 11.8. The SMILES string of the molecule is CCNC1COCC1C(=O)OC1CCC1. The molecule has 1 heterocycles. The van der Waals surface area contributed by atoms with Crippen molar-refractivity contribution in [2.75, 3.05) is 19.8 Å². The van der Waals surface area contributed by atoms with Gasteiger partial charge in [0.2, 0.25) is 0 Å². The first kappa shape index (κ1) is 10.9.